The standard InChI is InChI=1S/C22H19BrCl3NO2/c1-2-28-21-10-15(12-27-20-8-7-17(24)11-18(20)25)9-19(26)22(21)29-13-14-3-5-16(23)6-4-14/h3-11,27H,2,12-13H2,1H3. The second-order valence-corrected chi connectivity index (χ2v) is 8.40. The summed E-state index contributed by atoms with van der Waals surface area (Å²) in [5, 5.41) is 4.93. The molecule has 0 aliphatic carbocycles. The molecule has 0 saturated heterocycles. The molecule has 3 rings (SSSR count). The average Bonchev–Trinajstić information content (AvgIpc) is 2.68. The van der Waals surface area contributed by atoms with Crippen LogP contribution in [0.15, 0.2) is 59.1 Å². The van der Waals surface area contributed by atoms with Crippen LogP contribution in [0, 0.1) is 0 Å². The molecule has 3 aromatic rings. The first-order valence-electron chi connectivity index (χ1n) is 8.97. The molecule has 0 fully saturated rings. The maximum absolute atomic E-state index is 6.51. The quantitative estimate of drug-likeness (QED) is 0.330. The molecule has 0 amide bonds. The summed E-state index contributed by atoms with van der Waals surface area (Å²) in [5.41, 5.74) is 2.77. The number of hydrogen-bond donors (Lipinski definition) is 1. The lowest BCUT2D eigenvalue weighted by atomic mass is 10.2. The average molecular weight is 516 g/mol. The molecule has 0 atom stereocenters. The third-order valence-corrected chi connectivity index (χ3v) is 5.44. The van der Waals surface area contributed by atoms with Crippen molar-refractivity contribution in [1.29, 1.82) is 0 Å². The van der Waals surface area contributed by atoms with E-state index >= 15 is 0 Å². The highest BCUT2D eigenvalue weighted by Gasteiger charge is 2.13. The molecule has 7 heteroatoms. The van der Waals surface area contributed by atoms with Crippen molar-refractivity contribution in [3.63, 3.8) is 0 Å². The van der Waals surface area contributed by atoms with Crippen molar-refractivity contribution < 1.29 is 9.47 Å². The predicted molar refractivity (Wildman–Crippen MR) is 125 cm³/mol. The number of benzene rings is 3. The Bertz CT molecular complexity index is 981. The van der Waals surface area contributed by atoms with Gasteiger partial charge < -0.3 is 14.8 Å². The van der Waals surface area contributed by atoms with E-state index in [0.29, 0.717) is 46.3 Å². The second-order valence-electron chi connectivity index (χ2n) is 6.23. The first kappa shape index (κ1) is 22.1. The van der Waals surface area contributed by atoms with E-state index in [1.54, 1.807) is 12.1 Å². The summed E-state index contributed by atoms with van der Waals surface area (Å²) in [6, 6.07) is 17.0. The van der Waals surface area contributed by atoms with Crippen LogP contribution in [-0.2, 0) is 13.2 Å². The first-order chi connectivity index (χ1) is 14.0. The van der Waals surface area contributed by atoms with Gasteiger partial charge in [-0.3, -0.25) is 0 Å². The Morgan fingerprint density at radius 1 is 0.862 bits per heavy atom. The summed E-state index contributed by atoms with van der Waals surface area (Å²) < 4.78 is 12.8. The van der Waals surface area contributed by atoms with Gasteiger partial charge >= 0.3 is 0 Å². The molecule has 0 aliphatic heterocycles. The zero-order valence-electron chi connectivity index (χ0n) is 15.6. The SMILES string of the molecule is CCOc1cc(CNc2ccc(Cl)cc2Cl)cc(Cl)c1OCc1ccc(Br)cc1. The summed E-state index contributed by atoms with van der Waals surface area (Å²) in [6.45, 7) is 3.34. The van der Waals surface area contributed by atoms with Gasteiger partial charge in [-0.15, -0.1) is 0 Å². The van der Waals surface area contributed by atoms with Gasteiger partial charge in [0.25, 0.3) is 0 Å². The number of rotatable bonds is 8. The molecule has 0 heterocycles. The summed E-state index contributed by atoms with van der Waals surface area (Å²) in [4.78, 5) is 0. The fourth-order valence-corrected chi connectivity index (χ4v) is 3.72. The smallest absolute Gasteiger partial charge is 0.180 e. The van der Waals surface area contributed by atoms with Gasteiger partial charge in [0.05, 0.1) is 22.3 Å². The maximum atomic E-state index is 6.51. The van der Waals surface area contributed by atoms with Gasteiger partial charge in [-0.1, -0.05) is 62.9 Å². The predicted octanol–water partition coefficient (Wildman–Crippen LogP) is 8.00. The molecule has 0 spiro atoms. The molecule has 29 heavy (non-hydrogen) atoms. The van der Waals surface area contributed by atoms with Crippen molar-refractivity contribution in [3.8, 4) is 11.5 Å². The Labute approximate surface area is 194 Å². The Morgan fingerprint density at radius 3 is 2.31 bits per heavy atom. The lowest BCUT2D eigenvalue weighted by Crippen LogP contribution is -2.04. The minimum Gasteiger partial charge on any atom is -0.490 e. The zero-order chi connectivity index (χ0) is 20.8. The molecule has 3 nitrogen and oxygen atoms in total. The van der Waals surface area contributed by atoms with E-state index in [1.807, 2.05) is 49.4 Å². The van der Waals surface area contributed by atoms with E-state index in [9.17, 15) is 0 Å². The molecule has 0 aliphatic rings. The van der Waals surface area contributed by atoms with E-state index < -0.39 is 0 Å². The molecule has 0 bridgehead atoms. The summed E-state index contributed by atoms with van der Waals surface area (Å²) in [7, 11) is 0. The van der Waals surface area contributed by atoms with E-state index in [0.717, 1.165) is 21.3 Å². The molecule has 1 N–H and O–H groups in total. The molecule has 3 aromatic carbocycles. The Morgan fingerprint density at radius 2 is 1.62 bits per heavy atom. The van der Waals surface area contributed by atoms with Crippen LogP contribution in [0.2, 0.25) is 15.1 Å². The zero-order valence-corrected chi connectivity index (χ0v) is 19.5. The van der Waals surface area contributed by atoms with E-state index in [-0.39, 0.29) is 0 Å². The van der Waals surface area contributed by atoms with Crippen molar-refractivity contribution in [2.45, 2.75) is 20.1 Å². The minimum atomic E-state index is 0.394. The van der Waals surface area contributed by atoms with Crippen molar-refractivity contribution in [3.05, 3.63) is 85.3 Å². The Kier molecular flexibility index (Phi) is 7.96. The van der Waals surface area contributed by atoms with Crippen LogP contribution in [0.25, 0.3) is 0 Å². The van der Waals surface area contributed by atoms with Crippen molar-refractivity contribution >= 4 is 56.4 Å². The van der Waals surface area contributed by atoms with Gasteiger partial charge in [0, 0.05) is 16.0 Å². The van der Waals surface area contributed by atoms with Crippen molar-refractivity contribution in [1.82, 2.24) is 0 Å². The highest BCUT2D eigenvalue weighted by Crippen LogP contribution is 2.37. The molecule has 0 unspecified atom stereocenters. The van der Waals surface area contributed by atoms with E-state index in [1.165, 1.54) is 0 Å². The summed E-state index contributed by atoms with van der Waals surface area (Å²) in [5.74, 6) is 1.14. The van der Waals surface area contributed by atoms with Gasteiger partial charge in [0.15, 0.2) is 11.5 Å². The van der Waals surface area contributed by atoms with Crippen LogP contribution in [0.4, 0.5) is 5.69 Å². The van der Waals surface area contributed by atoms with Crippen LogP contribution in [0.3, 0.4) is 0 Å². The monoisotopic (exact) mass is 513 g/mol. The Hall–Kier alpha value is -1.59. The molecule has 152 valence electrons. The first-order valence-corrected chi connectivity index (χ1v) is 10.9. The highest BCUT2D eigenvalue weighted by atomic mass is 79.9. The number of anilines is 1. The largest absolute Gasteiger partial charge is 0.490 e. The van der Waals surface area contributed by atoms with Gasteiger partial charge in [-0.2, -0.15) is 0 Å². The molecule has 0 aromatic heterocycles. The second kappa shape index (κ2) is 10.4. The number of halogens is 4. The highest BCUT2D eigenvalue weighted by molar-refractivity contribution is 9.10. The normalized spacial score (nSPS) is 10.7. The van der Waals surface area contributed by atoms with E-state index in [4.69, 9.17) is 44.3 Å². The van der Waals surface area contributed by atoms with Crippen LogP contribution < -0.4 is 14.8 Å². The topological polar surface area (TPSA) is 30.5 Å². The van der Waals surface area contributed by atoms with Gasteiger partial charge in [-0.25, -0.2) is 0 Å². The number of hydrogen-bond acceptors (Lipinski definition) is 3. The molecule has 0 saturated carbocycles. The summed E-state index contributed by atoms with van der Waals surface area (Å²) in [6.07, 6.45) is 0. The van der Waals surface area contributed by atoms with E-state index in [2.05, 4.69) is 21.2 Å². The van der Waals surface area contributed by atoms with Gasteiger partial charge in [0.1, 0.15) is 6.61 Å². The third kappa shape index (κ3) is 6.19. The van der Waals surface area contributed by atoms with Crippen molar-refractivity contribution in [2.75, 3.05) is 11.9 Å². The van der Waals surface area contributed by atoms with Gasteiger partial charge in [-0.05, 0) is 60.5 Å². The molecular formula is C22H19BrCl3NO2. The molecule has 0 radical (unpaired) electrons. The summed E-state index contributed by atoms with van der Waals surface area (Å²) >= 11 is 22.1. The van der Waals surface area contributed by atoms with Crippen LogP contribution >= 0.6 is 50.7 Å². The lowest BCUT2D eigenvalue weighted by molar-refractivity contribution is 0.269. The minimum absolute atomic E-state index is 0.394. The number of nitrogens with one attached hydrogen (secondary N) is 1. The van der Waals surface area contributed by atoms with Crippen LogP contribution in [0.1, 0.15) is 18.1 Å². The van der Waals surface area contributed by atoms with Gasteiger partial charge in [0.2, 0.25) is 0 Å². The maximum Gasteiger partial charge on any atom is 0.180 e. The van der Waals surface area contributed by atoms with Crippen LogP contribution in [-0.4, -0.2) is 6.61 Å². The Balaban J connectivity index is 1.75. The molecular weight excluding hydrogens is 497 g/mol. The third-order valence-electron chi connectivity index (χ3n) is 4.08. The number of ether oxygens (including phenoxy) is 2. The van der Waals surface area contributed by atoms with Crippen molar-refractivity contribution in [2.24, 2.45) is 0 Å². The fraction of sp³-hybridized carbons (Fsp3) is 0.182. The fourth-order valence-electron chi connectivity index (χ4n) is 2.69. The van der Waals surface area contributed by atoms with Crippen LogP contribution in [0.5, 0.6) is 11.5 Å². The lowest BCUT2D eigenvalue weighted by Gasteiger charge is -2.16.